The molecule has 2 aliphatic rings. The minimum absolute atomic E-state index is 0.203. The first-order chi connectivity index (χ1) is 15.5. The van der Waals surface area contributed by atoms with Gasteiger partial charge >= 0.3 is 0 Å². The number of amides is 1. The van der Waals surface area contributed by atoms with Crippen LogP contribution in [0.4, 0.5) is 0 Å². The van der Waals surface area contributed by atoms with E-state index < -0.39 is 0 Å². The van der Waals surface area contributed by atoms with E-state index in [1.807, 2.05) is 26.2 Å². The molecular formula is C25H41N5O2. The number of likely N-dealkylation sites (tertiary alicyclic amines) is 1. The number of hydrogen-bond donors (Lipinski definition) is 2. The molecule has 1 saturated carbocycles. The molecule has 0 radical (unpaired) electrons. The largest absolute Gasteiger partial charge is 0.496 e. The van der Waals surface area contributed by atoms with Crippen LogP contribution in [0, 0.1) is 5.41 Å². The number of benzene rings is 1. The first kappa shape index (κ1) is 24.4. The Labute approximate surface area is 193 Å². The van der Waals surface area contributed by atoms with Crippen LogP contribution in [0.3, 0.4) is 0 Å². The van der Waals surface area contributed by atoms with Crippen LogP contribution in [-0.2, 0) is 4.79 Å². The molecule has 32 heavy (non-hydrogen) atoms. The summed E-state index contributed by atoms with van der Waals surface area (Å²) in [5.74, 6) is 1.90. The molecule has 7 nitrogen and oxygen atoms in total. The van der Waals surface area contributed by atoms with Gasteiger partial charge in [0.25, 0.3) is 0 Å². The number of piperidine rings is 1. The lowest BCUT2D eigenvalue weighted by molar-refractivity contribution is -0.138. The van der Waals surface area contributed by atoms with Crippen molar-refractivity contribution in [1.29, 1.82) is 0 Å². The Morgan fingerprint density at radius 2 is 1.81 bits per heavy atom. The second-order valence-electron chi connectivity index (χ2n) is 9.35. The lowest BCUT2D eigenvalue weighted by Gasteiger charge is -2.36. The number of ether oxygens (including phenoxy) is 1. The van der Waals surface area contributed by atoms with Gasteiger partial charge < -0.3 is 20.3 Å². The van der Waals surface area contributed by atoms with Gasteiger partial charge in [0, 0.05) is 39.8 Å². The third-order valence-corrected chi connectivity index (χ3v) is 7.03. The van der Waals surface area contributed by atoms with Crippen molar-refractivity contribution in [3.63, 3.8) is 0 Å². The Bertz CT molecular complexity index is 767. The SMILES string of the molecule is CN=C(NCC(c1ccccc1OC)N1CCCCC1)NCC1(C(=O)N(C)C)CCCC1. The summed E-state index contributed by atoms with van der Waals surface area (Å²) >= 11 is 0. The molecule has 1 aromatic rings. The van der Waals surface area contributed by atoms with Gasteiger partial charge in [-0.1, -0.05) is 37.5 Å². The number of para-hydroxylation sites is 1. The Kier molecular flexibility index (Phi) is 8.79. The highest BCUT2D eigenvalue weighted by Crippen LogP contribution is 2.39. The number of carbonyl (C=O) groups excluding carboxylic acids is 1. The fourth-order valence-corrected chi connectivity index (χ4v) is 5.27. The van der Waals surface area contributed by atoms with Crippen LogP contribution in [-0.4, -0.2) is 76.1 Å². The molecule has 0 aromatic heterocycles. The van der Waals surface area contributed by atoms with Crippen molar-refractivity contribution < 1.29 is 9.53 Å². The van der Waals surface area contributed by atoms with Crippen LogP contribution in [0.5, 0.6) is 5.75 Å². The molecule has 2 fully saturated rings. The zero-order valence-corrected chi connectivity index (χ0v) is 20.3. The Morgan fingerprint density at radius 1 is 1.12 bits per heavy atom. The van der Waals surface area contributed by atoms with E-state index in [0.29, 0.717) is 6.54 Å². The van der Waals surface area contributed by atoms with Crippen molar-refractivity contribution in [2.45, 2.75) is 51.0 Å². The van der Waals surface area contributed by atoms with Gasteiger partial charge in [0.2, 0.25) is 5.91 Å². The first-order valence-corrected chi connectivity index (χ1v) is 12.0. The fraction of sp³-hybridized carbons (Fsp3) is 0.680. The molecule has 3 rings (SSSR count). The highest BCUT2D eigenvalue weighted by Gasteiger charge is 2.42. The van der Waals surface area contributed by atoms with Gasteiger partial charge in [0.05, 0.1) is 18.6 Å². The number of rotatable bonds is 8. The minimum Gasteiger partial charge on any atom is -0.496 e. The Hall–Kier alpha value is -2.28. The van der Waals surface area contributed by atoms with Crippen molar-refractivity contribution in [3.05, 3.63) is 29.8 Å². The summed E-state index contributed by atoms with van der Waals surface area (Å²) in [6.07, 6.45) is 7.85. The van der Waals surface area contributed by atoms with Crippen molar-refractivity contribution in [3.8, 4) is 5.75 Å². The highest BCUT2D eigenvalue weighted by molar-refractivity contribution is 5.85. The summed E-state index contributed by atoms with van der Waals surface area (Å²) in [4.78, 5) is 21.6. The number of carbonyl (C=O) groups is 1. The van der Waals surface area contributed by atoms with Crippen LogP contribution < -0.4 is 15.4 Å². The highest BCUT2D eigenvalue weighted by atomic mass is 16.5. The van der Waals surface area contributed by atoms with Gasteiger partial charge in [-0.2, -0.15) is 0 Å². The maximum absolute atomic E-state index is 12.9. The Morgan fingerprint density at radius 3 is 2.44 bits per heavy atom. The molecule has 1 atom stereocenters. The van der Waals surface area contributed by atoms with Crippen molar-refractivity contribution in [1.82, 2.24) is 20.4 Å². The van der Waals surface area contributed by atoms with E-state index in [9.17, 15) is 4.79 Å². The quantitative estimate of drug-likeness (QED) is 0.477. The number of nitrogens with one attached hydrogen (secondary N) is 2. The molecule has 1 aliphatic carbocycles. The summed E-state index contributed by atoms with van der Waals surface area (Å²) in [6, 6.07) is 8.51. The molecule has 1 heterocycles. The molecule has 0 spiro atoms. The fourth-order valence-electron chi connectivity index (χ4n) is 5.27. The van der Waals surface area contributed by atoms with E-state index in [1.165, 1.54) is 24.8 Å². The maximum Gasteiger partial charge on any atom is 0.230 e. The summed E-state index contributed by atoms with van der Waals surface area (Å²) in [6.45, 7) is 3.54. The average molecular weight is 444 g/mol. The molecule has 1 aliphatic heterocycles. The predicted octanol–water partition coefficient (Wildman–Crippen LogP) is 3.04. The molecule has 7 heteroatoms. The van der Waals surface area contributed by atoms with Crippen molar-refractivity contribution in [2.24, 2.45) is 10.4 Å². The summed E-state index contributed by atoms with van der Waals surface area (Å²) in [5, 5.41) is 7.01. The van der Waals surface area contributed by atoms with Gasteiger partial charge in [-0.05, 0) is 44.8 Å². The van der Waals surface area contributed by atoms with E-state index in [2.05, 4.69) is 32.7 Å². The van der Waals surface area contributed by atoms with Gasteiger partial charge in [-0.25, -0.2) is 0 Å². The zero-order valence-electron chi connectivity index (χ0n) is 20.3. The molecule has 1 unspecified atom stereocenters. The normalized spacial score (nSPS) is 19.9. The van der Waals surface area contributed by atoms with Gasteiger partial charge in [-0.3, -0.25) is 14.7 Å². The maximum atomic E-state index is 12.9. The summed E-state index contributed by atoms with van der Waals surface area (Å²) in [5.41, 5.74) is 0.880. The average Bonchev–Trinajstić information content (AvgIpc) is 3.31. The molecule has 0 bridgehead atoms. The van der Waals surface area contributed by atoms with E-state index in [1.54, 1.807) is 19.1 Å². The van der Waals surface area contributed by atoms with Gasteiger partial charge in [0.15, 0.2) is 5.96 Å². The van der Waals surface area contributed by atoms with Gasteiger partial charge in [-0.15, -0.1) is 0 Å². The second-order valence-corrected chi connectivity index (χ2v) is 9.35. The predicted molar refractivity (Wildman–Crippen MR) is 130 cm³/mol. The smallest absolute Gasteiger partial charge is 0.230 e. The van der Waals surface area contributed by atoms with Crippen LogP contribution in [0.25, 0.3) is 0 Å². The minimum atomic E-state index is -0.323. The zero-order chi connectivity index (χ0) is 23.0. The molecule has 1 amide bonds. The number of aliphatic imine (C=N–C) groups is 1. The standard InChI is InChI=1S/C25H41N5O2/c1-26-24(28-19-25(14-8-9-15-25)23(31)29(2)3)27-18-21(30-16-10-5-11-17-30)20-12-6-7-13-22(20)32-4/h6-7,12-13,21H,5,8-11,14-19H2,1-4H3,(H2,26,27,28). The topological polar surface area (TPSA) is 69.2 Å². The lowest BCUT2D eigenvalue weighted by Crippen LogP contribution is -2.50. The van der Waals surface area contributed by atoms with Crippen molar-refractivity contribution in [2.75, 3.05) is 54.4 Å². The molecule has 178 valence electrons. The molecule has 2 N–H and O–H groups in total. The van der Waals surface area contributed by atoms with Crippen LogP contribution in [0.2, 0.25) is 0 Å². The molecule has 1 saturated heterocycles. The van der Waals surface area contributed by atoms with Gasteiger partial charge in [0.1, 0.15) is 5.75 Å². The number of hydrogen-bond acceptors (Lipinski definition) is 4. The third-order valence-electron chi connectivity index (χ3n) is 7.03. The van der Waals surface area contributed by atoms with E-state index in [-0.39, 0.29) is 17.4 Å². The first-order valence-electron chi connectivity index (χ1n) is 12.0. The monoisotopic (exact) mass is 443 g/mol. The Balaban J connectivity index is 1.69. The third kappa shape index (κ3) is 5.74. The number of guanidine groups is 1. The van der Waals surface area contributed by atoms with Crippen molar-refractivity contribution >= 4 is 11.9 Å². The van der Waals surface area contributed by atoms with E-state index >= 15 is 0 Å². The number of methoxy groups -OCH3 is 1. The van der Waals surface area contributed by atoms with Crippen LogP contribution in [0.15, 0.2) is 29.3 Å². The van der Waals surface area contributed by atoms with E-state index in [0.717, 1.165) is 57.0 Å². The molecule has 1 aromatic carbocycles. The summed E-state index contributed by atoms with van der Waals surface area (Å²) in [7, 11) is 7.24. The van der Waals surface area contributed by atoms with E-state index in [4.69, 9.17) is 4.74 Å². The second kappa shape index (κ2) is 11.5. The number of nitrogens with zero attached hydrogens (tertiary/aromatic N) is 3. The van der Waals surface area contributed by atoms with Crippen LogP contribution >= 0.6 is 0 Å². The van der Waals surface area contributed by atoms with Crippen LogP contribution in [0.1, 0.15) is 56.6 Å². The molecular weight excluding hydrogens is 402 g/mol. The lowest BCUT2D eigenvalue weighted by atomic mass is 9.84. The summed E-state index contributed by atoms with van der Waals surface area (Å²) < 4.78 is 5.68.